The van der Waals surface area contributed by atoms with Gasteiger partial charge in [0.05, 0.1) is 16.7 Å². The number of nitrogens with two attached hydrogens (primary N) is 1. The van der Waals surface area contributed by atoms with E-state index in [0.717, 1.165) is 0 Å². The van der Waals surface area contributed by atoms with Crippen LogP contribution in [0, 0.1) is 11.2 Å². The zero-order valence-corrected chi connectivity index (χ0v) is 12.8. The third-order valence-corrected chi connectivity index (χ3v) is 3.63. The van der Waals surface area contributed by atoms with Gasteiger partial charge in [-0.25, -0.2) is 4.39 Å². The molecule has 4 nitrogen and oxygen atoms in total. The Labute approximate surface area is 120 Å². The van der Waals surface area contributed by atoms with Gasteiger partial charge in [-0.3, -0.25) is 5.41 Å². The van der Waals surface area contributed by atoms with E-state index >= 15 is 0 Å². The van der Waals surface area contributed by atoms with Crippen molar-refractivity contribution in [2.24, 2.45) is 5.73 Å². The largest absolute Gasteiger partial charge is 0.490 e. The molecule has 6 heteroatoms. The standard InChI is InChI=1S/C13H18BrFN2O2/c1-13(2,18-3)6-7-19-9-5-4-8(12(16)17)10(14)11(9)15/h4-5H,6-7H2,1-3H3,(H3,16,17). The first kappa shape index (κ1) is 15.9. The molecule has 0 saturated heterocycles. The van der Waals surface area contributed by atoms with Crippen molar-refractivity contribution in [2.45, 2.75) is 25.9 Å². The van der Waals surface area contributed by atoms with Crippen molar-refractivity contribution in [3.8, 4) is 5.75 Å². The van der Waals surface area contributed by atoms with Gasteiger partial charge in [0.25, 0.3) is 0 Å². The summed E-state index contributed by atoms with van der Waals surface area (Å²) < 4.78 is 24.8. The summed E-state index contributed by atoms with van der Waals surface area (Å²) in [5.41, 5.74) is 5.33. The highest BCUT2D eigenvalue weighted by molar-refractivity contribution is 9.10. The first-order valence-corrected chi connectivity index (χ1v) is 6.58. The first-order chi connectivity index (χ1) is 8.78. The van der Waals surface area contributed by atoms with Crippen LogP contribution in [0.15, 0.2) is 16.6 Å². The average molecular weight is 333 g/mol. The Kier molecular flexibility index (Phi) is 5.31. The molecule has 106 valence electrons. The molecule has 0 aromatic heterocycles. The van der Waals surface area contributed by atoms with Crippen molar-refractivity contribution in [2.75, 3.05) is 13.7 Å². The molecule has 0 fully saturated rings. The highest BCUT2D eigenvalue weighted by Crippen LogP contribution is 2.28. The molecule has 0 spiro atoms. The molecule has 0 bridgehead atoms. The Morgan fingerprint density at radius 1 is 1.47 bits per heavy atom. The number of hydrogen-bond acceptors (Lipinski definition) is 3. The molecule has 1 rings (SSSR count). The van der Waals surface area contributed by atoms with E-state index in [-0.39, 0.29) is 21.7 Å². The quantitative estimate of drug-likeness (QED) is 0.621. The number of halogens is 2. The highest BCUT2D eigenvalue weighted by Gasteiger charge is 2.18. The summed E-state index contributed by atoms with van der Waals surface area (Å²) in [5.74, 6) is -0.621. The second-order valence-electron chi connectivity index (χ2n) is 4.72. The fourth-order valence-corrected chi connectivity index (χ4v) is 1.90. The van der Waals surface area contributed by atoms with Crippen molar-refractivity contribution in [3.63, 3.8) is 0 Å². The molecule has 3 N–H and O–H groups in total. The second-order valence-corrected chi connectivity index (χ2v) is 5.51. The number of nitrogens with one attached hydrogen (secondary N) is 1. The minimum absolute atomic E-state index is 0.128. The maximum atomic E-state index is 14.0. The van der Waals surface area contributed by atoms with Gasteiger partial charge >= 0.3 is 0 Å². The van der Waals surface area contributed by atoms with Gasteiger partial charge in [0.15, 0.2) is 11.6 Å². The monoisotopic (exact) mass is 332 g/mol. The minimum Gasteiger partial charge on any atom is -0.490 e. The van der Waals surface area contributed by atoms with Gasteiger partial charge in [0.1, 0.15) is 5.84 Å². The summed E-state index contributed by atoms with van der Waals surface area (Å²) >= 11 is 3.08. The number of methoxy groups -OCH3 is 1. The maximum Gasteiger partial charge on any atom is 0.179 e. The minimum atomic E-state index is -0.553. The summed E-state index contributed by atoms with van der Waals surface area (Å²) in [7, 11) is 1.62. The van der Waals surface area contributed by atoms with Crippen molar-refractivity contribution < 1.29 is 13.9 Å². The van der Waals surface area contributed by atoms with Crippen molar-refractivity contribution in [1.82, 2.24) is 0 Å². The Balaban J connectivity index is 2.76. The fourth-order valence-electron chi connectivity index (χ4n) is 1.36. The maximum absolute atomic E-state index is 14.0. The van der Waals surface area contributed by atoms with Gasteiger partial charge in [-0.2, -0.15) is 0 Å². The normalized spacial score (nSPS) is 11.4. The molecule has 0 aliphatic carbocycles. The van der Waals surface area contributed by atoms with Gasteiger partial charge in [-0.05, 0) is 41.9 Å². The number of rotatable bonds is 6. The summed E-state index contributed by atoms with van der Waals surface area (Å²) in [6.45, 7) is 4.20. The summed E-state index contributed by atoms with van der Waals surface area (Å²) in [5, 5.41) is 7.31. The smallest absolute Gasteiger partial charge is 0.179 e. The molecular weight excluding hydrogens is 315 g/mol. The van der Waals surface area contributed by atoms with E-state index in [4.69, 9.17) is 20.6 Å². The average Bonchev–Trinajstić information content (AvgIpc) is 2.34. The lowest BCUT2D eigenvalue weighted by molar-refractivity contribution is 0.00513. The number of ether oxygens (including phenoxy) is 2. The number of hydrogen-bond donors (Lipinski definition) is 2. The van der Waals surface area contributed by atoms with Gasteiger partial charge in [0, 0.05) is 19.1 Å². The summed E-state index contributed by atoms with van der Waals surface area (Å²) in [6.07, 6.45) is 0.634. The van der Waals surface area contributed by atoms with Crippen molar-refractivity contribution in [1.29, 1.82) is 5.41 Å². The van der Waals surface area contributed by atoms with Crippen LogP contribution in [0.3, 0.4) is 0 Å². The van der Waals surface area contributed by atoms with E-state index in [2.05, 4.69) is 15.9 Å². The molecule has 1 aromatic rings. The van der Waals surface area contributed by atoms with Gasteiger partial charge in [-0.1, -0.05) is 0 Å². The Hall–Kier alpha value is -1.14. The molecule has 0 saturated carbocycles. The van der Waals surface area contributed by atoms with Crippen LogP contribution < -0.4 is 10.5 Å². The molecule has 0 aliphatic heterocycles. The lowest BCUT2D eigenvalue weighted by Gasteiger charge is -2.22. The van der Waals surface area contributed by atoms with Crippen LogP contribution in [0.25, 0.3) is 0 Å². The number of amidine groups is 1. The van der Waals surface area contributed by atoms with E-state index in [1.807, 2.05) is 13.8 Å². The Morgan fingerprint density at radius 2 is 2.11 bits per heavy atom. The Bertz CT molecular complexity index is 478. The zero-order valence-electron chi connectivity index (χ0n) is 11.2. The van der Waals surface area contributed by atoms with Gasteiger partial charge in [0.2, 0.25) is 0 Å². The van der Waals surface area contributed by atoms with Crippen LogP contribution in [-0.4, -0.2) is 25.2 Å². The van der Waals surface area contributed by atoms with Crippen molar-refractivity contribution in [3.05, 3.63) is 28.0 Å². The second kappa shape index (κ2) is 6.34. The predicted octanol–water partition coefficient (Wildman–Crippen LogP) is 3.07. The van der Waals surface area contributed by atoms with E-state index < -0.39 is 5.82 Å². The van der Waals surface area contributed by atoms with Crippen LogP contribution in [0.5, 0.6) is 5.75 Å². The topological polar surface area (TPSA) is 68.3 Å². The molecule has 0 heterocycles. The Morgan fingerprint density at radius 3 is 2.63 bits per heavy atom. The summed E-state index contributed by atoms with van der Waals surface area (Å²) in [6, 6.07) is 3.02. The third-order valence-electron chi connectivity index (χ3n) is 2.85. The fraction of sp³-hybridized carbons (Fsp3) is 0.462. The van der Waals surface area contributed by atoms with E-state index in [0.29, 0.717) is 18.6 Å². The molecule has 1 aromatic carbocycles. The van der Waals surface area contributed by atoms with Crippen LogP contribution in [0.4, 0.5) is 4.39 Å². The molecule has 0 atom stereocenters. The molecule has 0 aliphatic rings. The van der Waals surface area contributed by atoms with Gasteiger partial charge < -0.3 is 15.2 Å². The van der Waals surface area contributed by atoms with Crippen molar-refractivity contribution >= 4 is 21.8 Å². The molecule has 0 unspecified atom stereocenters. The summed E-state index contributed by atoms with van der Waals surface area (Å²) in [4.78, 5) is 0. The van der Waals surface area contributed by atoms with Crippen LogP contribution in [0.2, 0.25) is 0 Å². The molecule has 0 radical (unpaired) electrons. The first-order valence-electron chi connectivity index (χ1n) is 5.79. The number of benzene rings is 1. The molecule has 19 heavy (non-hydrogen) atoms. The number of nitrogen functional groups attached to an aromatic ring is 1. The lowest BCUT2D eigenvalue weighted by atomic mass is 10.1. The molecule has 0 amide bonds. The highest BCUT2D eigenvalue weighted by atomic mass is 79.9. The SMILES string of the molecule is COC(C)(C)CCOc1ccc(C(=N)N)c(Br)c1F. The van der Waals surface area contributed by atoms with Gasteiger partial charge in [-0.15, -0.1) is 0 Å². The third kappa shape index (κ3) is 4.18. The van der Waals surface area contributed by atoms with E-state index in [1.165, 1.54) is 6.07 Å². The zero-order chi connectivity index (χ0) is 14.6. The lowest BCUT2D eigenvalue weighted by Crippen LogP contribution is -2.25. The molecular formula is C13H18BrFN2O2. The van der Waals surface area contributed by atoms with E-state index in [1.54, 1.807) is 13.2 Å². The van der Waals surface area contributed by atoms with E-state index in [9.17, 15) is 4.39 Å². The predicted molar refractivity (Wildman–Crippen MR) is 76.3 cm³/mol. The van der Waals surface area contributed by atoms with Crippen LogP contribution >= 0.6 is 15.9 Å². The van der Waals surface area contributed by atoms with Crippen LogP contribution in [0.1, 0.15) is 25.8 Å². The van der Waals surface area contributed by atoms with Crippen LogP contribution in [-0.2, 0) is 4.74 Å².